The summed E-state index contributed by atoms with van der Waals surface area (Å²) in [5.74, 6) is 0.978. The van der Waals surface area contributed by atoms with Crippen LogP contribution in [0.25, 0.3) is 11.3 Å². The van der Waals surface area contributed by atoms with E-state index in [-0.39, 0.29) is 31.2 Å². The molecule has 3 heterocycles. The van der Waals surface area contributed by atoms with Gasteiger partial charge in [-0.05, 0) is 38.6 Å². The largest absolute Gasteiger partial charge is 0.476 e. The van der Waals surface area contributed by atoms with Crippen LogP contribution in [0.15, 0.2) is 47.5 Å². The average molecular weight is 478 g/mol. The fourth-order valence-electron chi connectivity index (χ4n) is 3.87. The molecule has 0 bridgehead atoms. The van der Waals surface area contributed by atoms with Crippen molar-refractivity contribution >= 4 is 11.7 Å². The Morgan fingerprint density at radius 3 is 2.66 bits per heavy atom. The van der Waals surface area contributed by atoms with Crippen molar-refractivity contribution < 1.29 is 9.53 Å². The molecule has 0 aliphatic carbocycles. The first-order valence-electron chi connectivity index (χ1n) is 11.7. The standard InChI is InChI=1S/C25H31N7O3/c1-18-4-5-19(2)20(14-18)21-6-7-25(34)32(29-21)16-23(33)26-8-13-35-24-15-22(27-17-28-24)31-11-9-30(3)10-12-31/h4-7,14-15,17H,8-13,16H2,1-3H3,(H,26,33). The molecule has 2 aromatic heterocycles. The smallest absolute Gasteiger partial charge is 0.267 e. The summed E-state index contributed by atoms with van der Waals surface area (Å²) in [6, 6.07) is 11.0. The van der Waals surface area contributed by atoms with Crippen molar-refractivity contribution in [2.75, 3.05) is 51.3 Å². The second-order valence-electron chi connectivity index (χ2n) is 8.74. The number of hydrogen-bond donors (Lipinski definition) is 1. The van der Waals surface area contributed by atoms with Crippen LogP contribution in [0.2, 0.25) is 0 Å². The van der Waals surface area contributed by atoms with E-state index < -0.39 is 0 Å². The van der Waals surface area contributed by atoms with E-state index in [1.165, 1.54) is 17.1 Å². The van der Waals surface area contributed by atoms with Crippen molar-refractivity contribution in [2.45, 2.75) is 20.4 Å². The lowest BCUT2D eigenvalue weighted by Crippen LogP contribution is -2.44. The molecule has 0 radical (unpaired) electrons. The Bertz CT molecular complexity index is 1240. The van der Waals surface area contributed by atoms with Gasteiger partial charge in [-0.25, -0.2) is 14.6 Å². The number of amides is 1. The monoisotopic (exact) mass is 477 g/mol. The highest BCUT2D eigenvalue weighted by Gasteiger charge is 2.16. The third kappa shape index (κ3) is 6.42. The number of benzene rings is 1. The maximum Gasteiger partial charge on any atom is 0.267 e. The van der Waals surface area contributed by atoms with Gasteiger partial charge in [-0.15, -0.1) is 0 Å². The summed E-state index contributed by atoms with van der Waals surface area (Å²) in [6.45, 7) is 8.12. The number of likely N-dealkylation sites (N-methyl/N-ethyl adjacent to an activating group) is 1. The number of carbonyl (C=O) groups excluding carboxylic acids is 1. The summed E-state index contributed by atoms with van der Waals surface area (Å²) in [6.07, 6.45) is 1.49. The van der Waals surface area contributed by atoms with Crippen LogP contribution in [-0.2, 0) is 11.3 Å². The second kappa shape index (κ2) is 11.1. The molecule has 35 heavy (non-hydrogen) atoms. The Kier molecular flexibility index (Phi) is 7.71. The molecule has 1 aliphatic rings. The van der Waals surface area contributed by atoms with Gasteiger partial charge in [0.15, 0.2) is 0 Å². The zero-order chi connectivity index (χ0) is 24.8. The zero-order valence-corrected chi connectivity index (χ0v) is 20.4. The topological polar surface area (TPSA) is 105 Å². The number of anilines is 1. The predicted octanol–water partition coefficient (Wildman–Crippen LogP) is 1.26. The molecule has 1 saturated heterocycles. The first kappa shape index (κ1) is 24.3. The second-order valence-corrected chi connectivity index (χ2v) is 8.74. The Labute approximate surface area is 204 Å². The van der Waals surface area contributed by atoms with Crippen molar-refractivity contribution in [3.63, 3.8) is 0 Å². The van der Waals surface area contributed by atoms with Gasteiger partial charge in [0, 0.05) is 43.9 Å². The molecule has 0 unspecified atom stereocenters. The molecule has 1 fully saturated rings. The highest BCUT2D eigenvalue weighted by Crippen LogP contribution is 2.21. The molecule has 1 amide bonds. The Morgan fingerprint density at radius 1 is 1.06 bits per heavy atom. The summed E-state index contributed by atoms with van der Waals surface area (Å²) in [4.78, 5) is 37.7. The molecule has 10 heteroatoms. The Hall–Kier alpha value is -3.79. The van der Waals surface area contributed by atoms with E-state index in [1.54, 1.807) is 6.07 Å². The third-order valence-electron chi connectivity index (χ3n) is 5.96. The summed E-state index contributed by atoms with van der Waals surface area (Å²) < 4.78 is 6.88. The van der Waals surface area contributed by atoms with Gasteiger partial charge in [0.2, 0.25) is 11.8 Å². The number of aryl methyl sites for hydroxylation is 2. The van der Waals surface area contributed by atoms with Crippen LogP contribution in [0.4, 0.5) is 5.82 Å². The van der Waals surface area contributed by atoms with E-state index in [0.29, 0.717) is 11.6 Å². The molecule has 0 saturated carbocycles. The highest BCUT2D eigenvalue weighted by molar-refractivity contribution is 5.75. The van der Waals surface area contributed by atoms with Gasteiger partial charge in [-0.2, -0.15) is 5.10 Å². The van der Waals surface area contributed by atoms with Crippen molar-refractivity contribution in [3.05, 3.63) is 64.2 Å². The van der Waals surface area contributed by atoms with E-state index in [0.717, 1.165) is 48.7 Å². The summed E-state index contributed by atoms with van der Waals surface area (Å²) in [5.41, 5.74) is 3.41. The quantitative estimate of drug-likeness (QED) is 0.484. The van der Waals surface area contributed by atoms with E-state index in [9.17, 15) is 9.59 Å². The number of carbonyl (C=O) groups is 1. The predicted molar refractivity (Wildman–Crippen MR) is 134 cm³/mol. The van der Waals surface area contributed by atoms with Gasteiger partial charge in [0.05, 0.1) is 12.2 Å². The maximum absolute atomic E-state index is 12.4. The van der Waals surface area contributed by atoms with Crippen LogP contribution in [-0.4, -0.2) is 76.9 Å². The SMILES string of the molecule is Cc1ccc(C)c(-c2ccc(=O)n(CC(=O)NCCOc3cc(N4CCN(C)CC4)ncn3)n2)c1. The number of nitrogens with zero attached hydrogens (tertiary/aromatic N) is 6. The molecule has 1 N–H and O–H groups in total. The van der Waals surface area contributed by atoms with Gasteiger partial charge in [0.1, 0.15) is 25.3 Å². The van der Waals surface area contributed by atoms with Crippen molar-refractivity contribution in [1.29, 1.82) is 0 Å². The van der Waals surface area contributed by atoms with E-state index >= 15 is 0 Å². The molecular weight excluding hydrogens is 446 g/mol. The fraction of sp³-hybridized carbons (Fsp3) is 0.400. The summed E-state index contributed by atoms with van der Waals surface area (Å²) in [7, 11) is 2.11. The van der Waals surface area contributed by atoms with Crippen molar-refractivity contribution in [1.82, 2.24) is 30.0 Å². The van der Waals surface area contributed by atoms with E-state index in [4.69, 9.17) is 4.74 Å². The molecule has 1 aromatic carbocycles. The van der Waals surface area contributed by atoms with Crippen LogP contribution in [0.3, 0.4) is 0 Å². The highest BCUT2D eigenvalue weighted by atomic mass is 16.5. The van der Waals surface area contributed by atoms with Gasteiger partial charge >= 0.3 is 0 Å². The van der Waals surface area contributed by atoms with Crippen molar-refractivity contribution in [2.24, 2.45) is 0 Å². The van der Waals surface area contributed by atoms with Gasteiger partial charge in [-0.3, -0.25) is 9.59 Å². The van der Waals surface area contributed by atoms with Crippen LogP contribution < -0.4 is 20.5 Å². The lowest BCUT2D eigenvalue weighted by atomic mass is 10.0. The maximum atomic E-state index is 12.4. The lowest BCUT2D eigenvalue weighted by Gasteiger charge is -2.33. The fourth-order valence-corrected chi connectivity index (χ4v) is 3.87. The number of aromatic nitrogens is 4. The number of piperazine rings is 1. The summed E-state index contributed by atoms with van der Waals surface area (Å²) in [5, 5.41) is 7.17. The molecule has 0 spiro atoms. The van der Waals surface area contributed by atoms with Crippen molar-refractivity contribution in [3.8, 4) is 17.1 Å². The number of nitrogens with one attached hydrogen (secondary N) is 1. The molecule has 1 aliphatic heterocycles. The molecule has 4 rings (SSSR count). The number of ether oxygens (including phenoxy) is 1. The van der Waals surface area contributed by atoms with E-state index in [2.05, 4.69) is 37.2 Å². The lowest BCUT2D eigenvalue weighted by molar-refractivity contribution is -0.122. The first-order valence-corrected chi connectivity index (χ1v) is 11.7. The molecule has 184 valence electrons. The Balaban J connectivity index is 1.29. The minimum Gasteiger partial charge on any atom is -0.476 e. The minimum atomic E-state index is -0.331. The van der Waals surface area contributed by atoms with Crippen LogP contribution in [0.1, 0.15) is 11.1 Å². The minimum absolute atomic E-state index is 0.168. The normalized spacial score (nSPS) is 14.1. The Morgan fingerprint density at radius 2 is 1.86 bits per heavy atom. The van der Waals surface area contributed by atoms with Crippen LogP contribution in [0, 0.1) is 13.8 Å². The van der Waals surface area contributed by atoms with Crippen LogP contribution >= 0.6 is 0 Å². The molecular formula is C25H31N7O3. The average Bonchev–Trinajstić information content (AvgIpc) is 2.85. The number of rotatable bonds is 8. The molecule has 0 atom stereocenters. The van der Waals surface area contributed by atoms with Gasteiger partial charge < -0.3 is 19.9 Å². The van der Waals surface area contributed by atoms with Gasteiger partial charge in [-0.1, -0.05) is 17.7 Å². The molecule has 10 nitrogen and oxygen atoms in total. The number of hydrogen-bond acceptors (Lipinski definition) is 8. The zero-order valence-electron chi connectivity index (χ0n) is 20.4. The third-order valence-corrected chi connectivity index (χ3v) is 5.96. The van der Waals surface area contributed by atoms with E-state index in [1.807, 2.05) is 38.1 Å². The van der Waals surface area contributed by atoms with Gasteiger partial charge in [0.25, 0.3) is 5.56 Å². The first-order chi connectivity index (χ1) is 16.9. The molecule has 3 aromatic rings. The van der Waals surface area contributed by atoms with Crippen LogP contribution in [0.5, 0.6) is 5.88 Å². The summed E-state index contributed by atoms with van der Waals surface area (Å²) >= 11 is 0.